The van der Waals surface area contributed by atoms with Gasteiger partial charge in [-0.1, -0.05) is 40.7 Å². The Balaban J connectivity index is 1.74. The molecule has 0 saturated carbocycles. The summed E-state index contributed by atoms with van der Waals surface area (Å²) in [6.07, 6.45) is 7.52. The van der Waals surface area contributed by atoms with Crippen LogP contribution in [0.1, 0.15) is 17.0 Å². The van der Waals surface area contributed by atoms with E-state index in [0.717, 1.165) is 22.2 Å². The monoisotopic (exact) mass is 354 g/mol. The van der Waals surface area contributed by atoms with Crippen molar-refractivity contribution in [3.8, 4) is 11.4 Å². The number of nitrogens with zero attached hydrogens (tertiary/aromatic N) is 6. The highest BCUT2D eigenvalue weighted by molar-refractivity contribution is 5.92. The largest absolute Gasteiger partial charge is 0.361 e. The number of rotatable bonds is 3. The Labute approximate surface area is 154 Å². The van der Waals surface area contributed by atoms with Crippen LogP contribution >= 0.6 is 0 Å². The van der Waals surface area contributed by atoms with E-state index < -0.39 is 0 Å². The molecule has 27 heavy (non-hydrogen) atoms. The van der Waals surface area contributed by atoms with Gasteiger partial charge in [0, 0.05) is 23.8 Å². The minimum atomic E-state index is 0.591. The second-order valence-corrected chi connectivity index (χ2v) is 6.13. The summed E-state index contributed by atoms with van der Waals surface area (Å²) in [5, 5.41) is 13.6. The van der Waals surface area contributed by atoms with Crippen molar-refractivity contribution in [2.45, 2.75) is 6.92 Å². The van der Waals surface area contributed by atoms with Crippen molar-refractivity contribution in [1.29, 1.82) is 0 Å². The maximum Gasteiger partial charge on any atom is 0.186 e. The van der Waals surface area contributed by atoms with Crippen LogP contribution in [0.3, 0.4) is 0 Å². The minimum Gasteiger partial charge on any atom is -0.361 e. The highest BCUT2D eigenvalue weighted by Gasteiger charge is 2.17. The molecule has 0 bridgehead atoms. The molecule has 7 nitrogen and oxygen atoms in total. The standard InChI is InChI=1S/C20H14N6O/c1-13-11-17(24-27-13)19-20-22-16(9-8-14-5-4-10-21-12-14)15-6-2-3-7-18(15)26(20)25-23-19/h2-12H,1H3/b9-8+. The van der Waals surface area contributed by atoms with Crippen molar-refractivity contribution < 1.29 is 4.52 Å². The zero-order valence-corrected chi connectivity index (χ0v) is 14.4. The summed E-state index contributed by atoms with van der Waals surface area (Å²) < 4.78 is 6.92. The minimum absolute atomic E-state index is 0.591. The molecule has 0 unspecified atom stereocenters. The molecule has 0 fully saturated rings. The predicted molar refractivity (Wildman–Crippen MR) is 102 cm³/mol. The highest BCUT2D eigenvalue weighted by atomic mass is 16.5. The fraction of sp³-hybridized carbons (Fsp3) is 0.0500. The Hall–Kier alpha value is -3.87. The fourth-order valence-electron chi connectivity index (χ4n) is 3.01. The molecule has 0 aliphatic heterocycles. The van der Waals surface area contributed by atoms with Gasteiger partial charge in [0.05, 0.1) is 11.2 Å². The quantitative estimate of drug-likeness (QED) is 0.490. The van der Waals surface area contributed by atoms with Gasteiger partial charge in [-0.05, 0) is 30.7 Å². The Morgan fingerprint density at radius 3 is 2.81 bits per heavy atom. The number of para-hydroxylation sites is 1. The molecule has 5 rings (SSSR count). The number of pyridine rings is 1. The van der Waals surface area contributed by atoms with Crippen LogP contribution in [0.25, 0.3) is 40.1 Å². The molecule has 130 valence electrons. The van der Waals surface area contributed by atoms with Gasteiger partial charge in [-0.25, -0.2) is 4.98 Å². The molecule has 7 heteroatoms. The Kier molecular flexibility index (Phi) is 3.50. The molecule has 0 atom stereocenters. The first-order valence-electron chi connectivity index (χ1n) is 8.45. The molecule has 0 aliphatic rings. The van der Waals surface area contributed by atoms with Gasteiger partial charge in [-0.15, -0.1) is 5.10 Å². The van der Waals surface area contributed by atoms with Gasteiger partial charge in [0.15, 0.2) is 11.3 Å². The van der Waals surface area contributed by atoms with E-state index in [1.807, 2.05) is 61.5 Å². The third-order valence-electron chi connectivity index (χ3n) is 4.27. The smallest absolute Gasteiger partial charge is 0.186 e. The van der Waals surface area contributed by atoms with E-state index in [-0.39, 0.29) is 0 Å². The summed E-state index contributed by atoms with van der Waals surface area (Å²) in [6, 6.07) is 13.7. The lowest BCUT2D eigenvalue weighted by molar-refractivity contribution is 0.399. The second kappa shape index (κ2) is 6.14. The van der Waals surface area contributed by atoms with Crippen molar-refractivity contribution >= 4 is 28.7 Å². The average molecular weight is 354 g/mol. The summed E-state index contributed by atoms with van der Waals surface area (Å²) in [5.74, 6) is 0.712. The Morgan fingerprint density at radius 2 is 2.00 bits per heavy atom. The number of fused-ring (bicyclic) bond motifs is 3. The molecular formula is C20H14N6O. The summed E-state index contributed by atoms with van der Waals surface area (Å²) in [6.45, 7) is 1.84. The molecule has 0 spiro atoms. The molecule has 0 saturated heterocycles. The van der Waals surface area contributed by atoms with Crippen molar-refractivity contribution in [2.24, 2.45) is 0 Å². The van der Waals surface area contributed by atoms with E-state index in [1.54, 1.807) is 16.9 Å². The molecule has 4 aromatic heterocycles. The van der Waals surface area contributed by atoms with E-state index in [9.17, 15) is 0 Å². The van der Waals surface area contributed by atoms with Crippen molar-refractivity contribution in [2.75, 3.05) is 0 Å². The molecule has 4 heterocycles. The number of aromatic nitrogens is 6. The topological polar surface area (TPSA) is 82.0 Å². The normalized spacial score (nSPS) is 11.7. The van der Waals surface area contributed by atoms with Crippen LogP contribution in [0, 0.1) is 6.92 Å². The van der Waals surface area contributed by atoms with Gasteiger partial charge in [-0.2, -0.15) is 4.52 Å². The molecule has 1 aromatic carbocycles. The maximum atomic E-state index is 5.18. The molecule has 0 aliphatic carbocycles. The third kappa shape index (κ3) is 2.65. The van der Waals surface area contributed by atoms with Gasteiger partial charge in [0.2, 0.25) is 0 Å². The number of benzene rings is 1. The van der Waals surface area contributed by atoms with Crippen LogP contribution in [0.2, 0.25) is 0 Å². The van der Waals surface area contributed by atoms with E-state index >= 15 is 0 Å². The van der Waals surface area contributed by atoms with Crippen LogP contribution in [0.15, 0.2) is 59.4 Å². The maximum absolute atomic E-state index is 5.18. The van der Waals surface area contributed by atoms with Gasteiger partial charge in [-0.3, -0.25) is 4.98 Å². The summed E-state index contributed by atoms with van der Waals surface area (Å²) in [5.41, 5.74) is 4.59. The van der Waals surface area contributed by atoms with E-state index in [0.29, 0.717) is 22.8 Å². The summed E-state index contributed by atoms with van der Waals surface area (Å²) >= 11 is 0. The van der Waals surface area contributed by atoms with Gasteiger partial charge in [0.1, 0.15) is 11.5 Å². The van der Waals surface area contributed by atoms with Crippen LogP contribution in [0.5, 0.6) is 0 Å². The van der Waals surface area contributed by atoms with Crippen molar-refractivity contribution in [3.05, 3.63) is 71.9 Å². The highest BCUT2D eigenvalue weighted by Crippen LogP contribution is 2.26. The van der Waals surface area contributed by atoms with Crippen molar-refractivity contribution in [3.63, 3.8) is 0 Å². The van der Waals surface area contributed by atoms with Crippen LogP contribution in [0.4, 0.5) is 0 Å². The number of aryl methyl sites for hydroxylation is 1. The Morgan fingerprint density at radius 1 is 1.07 bits per heavy atom. The Bertz CT molecular complexity index is 1290. The molecule has 0 amide bonds. The van der Waals surface area contributed by atoms with E-state index in [4.69, 9.17) is 9.51 Å². The van der Waals surface area contributed by atoms with Crippen LogP contribution < -0.4 is 0 Å². The summed E-state index contributed by atoms with van der Waals surface area (Å²) in [7, 11) is 0. The van der Waals surface area contributed by atoms with Crippen molar-refractivity contribution in [1.82, 2.24) is 30.0 Å². The van der Waals surface area contributed by atoms with E-state index in [1.165, 1.54) is 0 Å². The molecule has 5 aromatic rings. The lowest BCUT2D eigenvalue weighted by atomic mass is 10.1. The van der Waals surface area contributed by atoms with Crippen LogP contribution in [-0.2, 0) is 0 Å². The first-order chi connectivity index (χ1) is 13.3. The molecular weight excluding hydrogens is 340 g/mol. The second-order valence-electron chi connectivity index (χ2n) is 6.13. The third-order valence-corrected chi connectivity index (χ3v) is 4.27. The van der Waals surface area contributed by atoms with Gasteiger partial charge in [0.25, 0.3) is 0 Å². The predicted octanol–water partition coefficient (Wildman–Crippen LogP) is 3.81. The molecule has 0 radical (unpaired) electrons. The summed E-state index contributed by atoms with van der Waals surface area (Å²) in [4.78, 5) is 8.96. The first-order valence-corrected chi connectivity index (χ1v) is 8.45. The number of hydrogen-bond donors (Lipinski definition) is 0. The van der Waals surface area contributed by atoms with E-state index in [2.05, 4.69) is 20.5 Å². The van der Waals surface area contributed by atoms with Crippen LogP contribution in [-0.4, -0.2) is 30.0 Å². The SMILES string of the molecule is Cc1cc(-c2nnn3c2nc(/C=C/c2cccnc2)c2ccccc23)no1. The van der Waals surface area contributed by atoms with Gasteiger partial charge >= 0.3 is 0 Å². The van der Waals surface area contributed by atoms with Gasteiger partial charge < -0.3 is 4.52 Å². The lowest BCUT2D eigenvalue weighted by Crippen LogP contribution is -1.96. The average Bonchev–Trinajstić information content (AvgIpc) is 3.33. The first kappa shape index (κ1) is 15.4. The number of hydrogen-bond acceptors (Lipinski definition) is 6. The fourth-order valence-corrected chi connectivity index (χ4v) is 3.01. The molecule has 0 N–H and O–H groups in total. The zero-order chi connectivity index (χ0) is 18.2. The lowest BCUT2D eigenvalue weighted by Gasteiger charge is -2.04. The zero-order valence-electron chi connectivity index (χ0n) is 14.4.